The summed E-state index contributed by atoms with van der Waals surface area (Å²) in [5.41, 5.74) is 4.20. The van der Waals surface area contributed by atoms with Crippen LogP contribution in [0.4, 0.5) is 10.5 Å². The number of benzene rings is 1. The summed E-state index contributed by atoms with van der Waals surface area (Å²) in [4.78, 5) is 19.1. The fraction of sp³-hybridized carbons (Fsp3) is 0.364. The van der Waals surface area contributed by atoms with E-state index in [1.807, 2.05) is 55.6 Å². The minimum Gasteiger partial charge on any atom is -0.338 e. The van der Waals surface area contributed by atoms with Crippen LogP contribution in [-0.2, 0) is 6.54 Å². The van der Waals surface area contributed by atoms with Crippen molar-refractivity contribution in [3.8, 4) is 0 Å². The highest BCUT2D eigenvalue weighted by molar-refractivity contribution is 5.89. The monoisotopic (exact) mass is 377 g/mol. The molecule has 6 nitrogen and oxygen atoms in total. The molecule has 2 aromatic heterocycles. The fourth-order valence-corrected chi connectivity index (χ4v) is 3.84. The summed E-state index contributed by atoms with van der Waals surface area (Å²) in [5.74, 6) is 0.469. The van der Waals surface area contributed by atoms with Gasteiger partial charge in [-0.1, -0.05) is 23.8 Å². The van der Waals surface area contributed by atoms with Gasteiger partial charge in [0.1, 0.15) is 5.65 Å². The van der Waals surface area contributed by atoms with Gasteiger partial charge in [-0.2, -0.15) is 0 Å². The van der Waals surface area contributed by atoms with Crippen LogP contribution in [0.1, 0.15) is 24.1 Å². The van der Waals surface area contributed by atoms with Gasteiger partial charge in [-0.15, -0.1) is 0 Å². The zero-order chi connectivity index (χ0) is 19.3. The van der Waals surface area contributed by atoms with E-state index in [9.17, 15) is 4.79 Å². The normalized spacial score (nSPS) is 17.5. The SMILES string of the molecule is Cc1ccc(NC(=O)NC[C@@H]2CCCN(Cc3cnc4ccccn34)C2)cc1. The minimum absolute atomic E-state index is 0.136. The van der Waals surface area contributed by atoms with Crippen LogP contribution in [-0.4, -0.2) is 39.9 Å². The van der Waals surface area contributed by atoms with Crippen LogP contribution in [0.15, 0.2) is 54.9 Å². The average Bonchev–Trinajstić information content (AvgIpc) is 3.11. The molecule has 1 aromatic carbocycles. The van der Waals surface area contributed by atoms with E-state index in [1.165, 1.54) is 11.3 Å². The molecule has 1 atom stereocenters. The van der Waals surface area contributed by atoms with Gasteiger partial charge >= 0.3 is 6.03 Å². The number of nitrogens with one attached hydrogen (secondary N) is 2. The Morgan fingerprint density at radius 3 is 2.93 bits per heavy atom. The number of carbonyl (C=O) groups excluding carboxylic acids is 1. The van der Waals surface area contributed by atoms with Crippen molar-refractivity contribution in [1.82, 2.24) is 19.6 Å². The van der Waals surface area contributed by atoms with E-state index in [1.54, 1.807) is 0 Å². The topological polar surface area (TPSA) is 61.7 Å². The first-order valence-electron chi connectivity index (χ1n) is 9.92. The summed E-state index contributed by atoms with van der Waals surface area (Å²) >= 11 is 0. The maximum absolute atomic E-state index is 12.2. The van der Waals surface area contributed by atoms with E-state index in [4.69, 9.17) is 0 Å². The molecular weight excluding hydrogens is 350 g/mol. The summed E-state index contributed by atoms with van der Waals surface area (Å²) < 4.78 is 2.15. The lowest BCUT2D eigenvalue weighted by atomic mass is 9.98. The van der Waals surface area contributed by atoms with Gasteiger partial charge in [0.15, 0.2) is 0 Å². The zero-order valence-electron chi connectivity index (χ0n) is 16.3. The Kier molecular flexibility index (Phi) is 5.58. The summed E-state index contributed by atoms with van der Waals surface area (Å²) in [6.45, 7) is 5.70. The van der Waals surface area contributed by atoms with Crippen LogP contribution in [0.25, 0.3) is 5.65 Å². The van der Waals surface area contributed by atoms with Gasteiger partial charge in [-0.05, 0) is 56.5 Å². The zero-order valence-corrected chi connectivity index (χ0v) is 16.3. The molecule has 146 valence electrons. The number of imidazole rings is 1. The predicted octanol–water partition coefficient (Wildman–Crippen LogP) is 3.68. The number of likely N-dealkylation sites (tertiary alicyclic amines) is 1. The van der Waals surface area contributed by atoms with Crippen molar-refractivity contribution in [2.45, 2.75) is 26.3 Å². The van der Waals surface area contributed by atoms with E-state index in [2.05, 4.69) is 31.1 Å². The molecule has 1 fully saturated rings. The van der Waals surface area contributed by atoms with Crippen LogP contribution in [0.5, 0.6) is 0 Å². The van der Waals surface area contributed by atoms with E-state index in [0.29, 0.717) is 12.5 Å². The maximum atomic E-state index is 12.2. The summed E-state index contributed by atoms with van der Waals surface area (Å²) in [6, 6.07) is 13.8. The van der Waals surface area contributed by atoms with Crippen molar-refractivity contribution in [3.63, 3.8) is 0 Å². The third kappa shape index (κ3) is 4.51. The molecular formula is C22H27N5O. The fourth-order valence-electron chi connectivity index (χ4n) is 3.84. The van der Waals surface area contributed by atoms with Crippen LogP contribution in [0.3, 0.4) is 0 Å². The molecule has 0 radical (unpaired) electrons. The summed E-state index contributed by atoms with van der Waals surface area (Å²) in [7, 11) is 0. The van der Waals surface area contributed by atoms with E-state index in [0.717, 1.165) is 43.8 Å². The molecule has 2 amide bonds. The van der Waals surface area contributed by atoms with Crippen LogP contribution < -0.4 is 10.6 Å². The van der Waals surface area contributed by atoms with Crippen molar-refractivity contribution in [2.75, 3.05) is 25.0 Å². The molecule has 4 rings (SSSR count). The molecule has 3 aromatic rings. The number of aromatic nitrogens is 2. The number of amides is 2. The highest BCUT2D eigenvalue weighted by Crippen LogP contribution is 2.19. The first-order valence-corrected chi connectivity index (χ1v) is 9.92. The number of hydrogen-bond donors (Lipinski definition) is 2. The highest BCUT2D eigenvalue weighted by Gasteiger charge is 2.21. The van der Waals surface area contributed by atoms with Crippen molar-refractivity contribution in [3.05, 3.63) is 66.1 Å². The molecule has 28 heavy (non-hydrogen) atoms. The van der Waals surface area contributed by atoms with Crippen molar-refractivity contribution in [1.29, 1.82) is 0 Å². The molecule has 0 unspecified atom stereocenters. The van der Waals surface area contributed by atoms with Crippen LogP contribution in [0.2, 0.25) is 0 Å². The van der Waals surface area contributed by atoms with E-state index in [-0.39, 0.29) is 6.03 Å². The number of nitrogens with zero attached hydrogens (tertiary/aromatic N) is 3. The Balaban J connectivity index is 1.28. The van der Waals surface area contributed by atoms with Gasteiger partial charge in [0, 0.05) is 31.5 Å². The number of aryl methyl sites for hydroxylation is 1. The van der Waals surface area contributed by atoms with Gasteiger partial charge in [0.25, 0.3) is 0 Å². The molecule has 0 saturated carbocycles. The molecule has 2 N–H and O–H groups in total. The quantitative estimate of drug-likeness (QED) is 0.713. The first kappa shape index (κ1) is 18.5. The summed E-state index contributed by atoms with van der Waals surface area (Å²) in [5, 5.41) is 5.93. The van der Waals surface area contributed by atoms with Gasteiger partial charge in [-0.3, -0.25) is 4.90 Å². The van der Waals surface area contributed by atoms with E-state index >= 15 is 0 Å². The number of anilines is 1. The molecule has 1 aliphatic heterocycles. The second-order valence-corrected chi connectivity index (χ2v) is 7.62. The second-order valence-electron chi connectivity index (χ2n) is 7.62. The van der Waals surface area contributed by atoms with Crippen LogP contribution >= 0.6 is 0 Å². The number of carbonyl (C=O) groups is 1. The highest BCUT2D eigenvalue weighted by atomic mass is 16.2. The number of piperidine rings is 1. The van der Waals surface area contributed by atoms with Crippen molar-refractivity contribution in [2.24, 2.45) is 5.92 Å². The Labute approximate surface area is 165 Å². The summed E-state index contributed by atoms with van der Waals surface area (Å²) in [6.07, 6.45) is 6.33. The Bertz CT molecular complexity index is 934. The number of pyridine rings is 1. The van der Waals surface area contributed by atoms with Gasteiger partial charge in [-0.25, -0.2) is 9.78 Å². The number of urea groups is 1. The second kappa shape index (κ2) is 8.44. The van der Waals surface area contributed by atoms with E-state index < -0.39 is 0 Å². The standard InChI is InChI=1S/C22H27N5O/c1-17-7-9-19(10-8-17)25-22(28)24-13-18-5-4-11-26(15-18)16-20-14-23-21-6-2-3-12-27(20)21/h2-3,6-10,12,14,18H,4-5,11,13,15-16H2,1H3,(H2,24,25,28)/t18-/m0/s1. The molecule has 0 bridgehead atoms. The van der Waals surface area contributed by atoms with Gasteiger partial charge < -0.3 is 15.0 Å². The lowest BCUT2D eigenvalue weighted by Gasteiger charge is -2.32. The molecule has 3 heterocycles. The Morgan fingerprint density at radius 1 is 1.21 bits per heavy atom. The molecule has 1 saturated heterocycles. The van der Waals surface area contributed by atoms with Crippen LogP contribution in [0, 0.1) is 12.8 Å². The number of hydrogen-bond acceptors (Lipinski definition) is 3. The van der Waals surface area contributed by atoms with Gasteiger partial charge in [0.2, 0.25) is 0 Å². The smallest absolute Gasteiger partial charge is 0.319 e. The third-order valence-corrected chi connectivity index (χ3v) is 5.34. The Hall–Kier alpha value is -2.86. The predicted molar refractivity (Wildman–Crippen MR) is 111 cm³/mol. The first-order chi connectivity index (χ1) is 13.7. The largest absolute Gasteiger partial charge is 0.338 e. The number of rotatable bonds is 5. The average molecular weight is 377 g/mol. The molecule has 6 heteroatoms. The van der Waals surface area contributed by atoms with Crippen molar-refractivity contribution >= 4 is 17.4 Å². The maximum Gasteiger partial charge on any atom is 0.319 e. The number of fused-ring (bicyclic) bond motifs is 1. The minimum atomic E-state index is -0.136. The third-order valence-electron chi connectivity index (χ3n) is 5.34. The molecule has 0 spiro atoms. The lowest BCUT2D eigenvalue weighted by molar-refractivity contribution is 0.164. The van der Waals surface area contributed by atoms with Crippen molar-refractivity contribution < 1.29 is 4.79 Å². The Morgan fingerprint density at radius 2 is 2.07 bits per heavy atom. The molecule has 1 aliphatic rings. The van der Waals surface area contributed by atoms with Gasteiger partial charge in [0.05, 0.1) is 11.9 Å². The molecule has 0 aliphatic carbocycles. The lowest BCUT2D eigenvalue weighted by Crippen LogP contribution is -2.41.